The van der Waals surface area contributed by atoms with E-state index in [-0.39, 0.29) is 5.69 Å². The Balaban J connectivity index is 2.12. The van der Waals surface area contributed by atoms with Crippen molar-refractivity contribution in [1.29, 1.82) is 0 Å². The van der Waals surface area contributed by atoms with Gasteiger partial charge in [0, 0.05) is 12.6 Å². The molecular weight excluding hydrogens is 328 g/mol. The molecular formula is C16H16N4O3S. The van der Waals surface area contributed by atoms with Crippen LogP contribution in [0.4, 0.5) is 5.69 Å². The van der Waals surface area contributed by atoms with Crippen LogP contribution in [-0.4, -0.2) is 22.8 Å². The molecule has 0 aliphatic heterocycles. The van der Waals surface area contributed by atoms with Gasteiger partial charge in [0.1, 0.15) is 11.5 Å². The van der Waals surface area contributed by atoms with Gasteiger partial charge < -0.3 is 9.73 Å². The van der Waals surface area contributed by atoms with E-state index in [1.807, 2.05) is 0 Å². The van der Waals surface area contributed by atoms with Crippen LogP contribution in [0.1, 0.15) is 11.3 Å². The van der Waals surface area contributed by atoms with Gasteiger partial charge in [0.2, 0.25) is 0 Å². The zero-order chi connectivity index (χ0) is 17.5. The van der Waals surface area contributed by atoms with Crippen LogP contribution < -0.4 is 10.7 Å². The Hall–Kier alpha value is -3.00. The van der Waals surface area contributed by atoms with E-state index in [0.29, 0.717) is 28.7 Å². The average Bonchev–Trinajstić information content (AvgIpc) is 3.01. The summed E-state index contributed by atoms with van der Waals surface area (Å²) in [5.41, 5.74) is 3.85. The number of nitro groups is 1. The largest absolute Gasteiger partial charge is 0.455 e. The Morgan fingerprint density at radius 3 is 2.96 bits per heavy atom. The van der Waals surface area contributed by atoms with Crippen LogP contribution in [-0.2, 0) is 0 Å². The molecule has 1 aromatic carbocycles. The molecule has 2 N–H and O–H groups in total. The quantitative estimate of drug-likeness (QED) is 0.275. The van der Waals surface area contributed by atoms with Crippen LogP contribution in [0, 0.1) is 17.0 Å². The number of hydrogen-bond acceptors (Lipinski definition) is 5. The van der Waals surface area contributed by atoms with Gasteiger partial charge in [0.25, 0.3) is 5.69 Å². The number of furan rings is 1. The molecule has 24 heavy (non-hydrogen) atoms. The minimum atomic E-state index is -0.427. The molecule has 0 amide bonds. The summed E-state index contributed by atoms with van der Waals surface area (Å²) in [6.45, 7) is 5.89. The molecule has 0 bridgehead atoms. The molecule has 0 spiro atoms. The number of nitrogens with one attached hydrogen (secondary N) is 2. The zero-order valence-electron chi connectivity index (χ0n) is 13.0. The third-order valence-electron chi connectivity index (χ3n) is 3.01. The predicted molar refractivity (Wildman–Crippen MR) is 97.1 cm³/mol. The summed E-state index contributed by atoms with van der Waals surface area (Å²) < 4.78 is 5.59. The van der Waals surface area contributed by atoms with E-state index < -0.39 is 4.92 Å². The number of nitro benzene ring substituents is 1. The molecule has 1 heterocycles. The summed E-state index contributed by atoms with van der Waals surface area (Å²) in [7, 11) is 0. The molecule has 2 rings (SSSR count). The van der Waals surface area contributed by atoms with E-state index in [2.05, 4.69) is 22.4 Å². The van der Waals surface area contributed by atoms with Gasteiger partial charge in [-0.3, -0.25) is 15.5 Å². The number of hydrogen-bond donors (Lipinski definition) is 2. The summed E-state index contributed by atoms with van der Waals surface area (Å²) >= 11 is 4.99. The highest BCUT2D eigenvalue weighted by Gasteiger charge is 2.17. The molecule has 7 nitrogen and oxygen atoms in total. The summed E-state index contributed by atoms with van der Waals surface area (Å²) in [6, 6.07) is 8.30. The molecule has 124 valence electrons. The average molecular weight is 344 g/mol. The molecule has 0 aliphatic rings. The van der Waals surface area contributed by atoms with Gasteiger partial charge in [-0.2, -0.15) is 5.10 Å². The summed E-state index contributed by atoms with van der Waals surface area (Å²) in [5, 5.41) is 18.3. The number of hydrazone groups is 1. The first-order valence-corrected chi connectivity index (χ1v) is 7.45. The van der Waals surface area contributed by atoms with Crippen molar-refractivity contribution in [1.82, 2.24) is 10.7 Å². The molecule has 0 radical (unpaired) electrons. The van der Waals surface area contributed by atoms with Crippen molar-refractivity contribution in [2.45, 2.75) is 6.92 Å². The highest BCUT2D eigenvalue weighted by Crippen LogP contribution is 2.31. The Bertz CT molecular complexity index is 798. The monoisotopic (exact) mass is 344 g/mol. The van der Waals surface area contributed by atoms with E-state index in [4.69, 9.17) is 16.6 Å². The van der Waals surface area contributed by atoms with Gasteiger partial charge in [-0.25, -0.2) is 0 Å². The lowest BCUT2D eigenvalue weighted by Crippen LogP contribution is -2.31. The van der Waals surface area contributed by atoms with Crippen LogP contribution in [0.3, 0.4) is 0 Å². The second-order valence-electron chi connectivity index (χ2n) is 4.85. The minimum absolute atomic E-state index is 0.000710. The van der Waals surface area contributed by atoms with Crippen molar-refractivity contribution >= 4 is 29.2 Å². The van der Waals surface area contributed by atoms with Crippen LogP contribution in [0.15, 0.2) is 52.5 Å². The Labute approximate surface area is 144 Å². The topological polar surface area (TPSA) is 92.7 Å². The summed E-state index contributed by atoms with van der Waals surface area (Å²) in [6.07, 6.45) is 3.11. The zero-order valence-corrected chi connectivity index (χ0v) is 13.8. The van der Waals surface area contributed by atoms with E-state index in [1.165, 1.54) is 12.3 Å². The number of thiocarbonyl (C=S) groups is 1. The molecule has 0 aliphatic carbocycles. The molecule has 1 aromatic heterocycles. The second kappa shape index (κ2) is 8.02. The molecule has 0 saturated heterocycles. The van der Waals surface area contributed by atoms with Crippen LogP contribution in [0.25, 0.3) is 11.3 Å². The maximum absolute atomic E-state index is 11.2. The maximum Gasteiger partial charge on any atom is 0.280 e. The Kier molecular flexibility index (Phi) is 5.80. The van der Waals surface area contributed by atoms with Crippen LogP contribution in [0.5, 0.6) is 0 Å². The number of benzene rings is 1. The molecule has 0 fully saturated rings. The number of aryl methyl sites for hydroxylation is 1. The van der Waals surface area contributed by atoms with E-state index in [0.717, 1.165) is 5.56 Å². The molecule has 8 heteroatoms. The van der Waals surface area contributed by atoms with Crippen molar-refractivity contribution < 1.29 is 9.34 Å². The van der Waals surface area contributed by atoms with Crippen molar-refractivity contribution in [3.63, 3.8) is 0 Å². The van der Waals surface area contributed by atoms with Crippen molar-refractivity contribution in [2.24, 2.45) is 5.10 Å². The summed E-state index contributed by atoms with van der Waals surface area (Å²) in [5.74, 6) is 0.842. The van der Waals surface area contributed by atoms with E-state index in [9.17, 15) is 10.1 Å². The molecule has 2 aromatic rings. The third-order valence-corrected chi connectivity index (χ3v) is 3.24. The molecule has 0 saturated carbocycles. The third kappa shape index (κ3) is 4.50. The Morgan fingerprint density at radius 2 is 2.25 bits per heavy atom. The lowest BCUT2D eigenvalue weighted by Gasteiger charge is -2.02. The number of rotatable bonds is 6. The van der Waals surface area contributed by atoms with E-state index >= 15 is 0 Å². The fourth-order valence-corrected chi connectivity index (χ4v) is 2.06. The molecule has 0 atom stereocenters. The Morgan fingerprint density at radius 1 is 1.46 bits per heavy atom. The maximum atomic E-state index is 11.2. The summed E-state index contributed by atoms with van der Waals surface area (Å²) in [4.78, 5) is 10.8. The standard InChI is InChI=1S/C16H16N4O3S/c1-3-8-17-16(24)19-18-10-12-5-7-15(23-12)13-6-4-11(2)9-14(13)20(21)22/h3-7,9-10H,1,8H2,2H3,(H2,17,19,24)/b18-10-. The van der Waals surface area contributed by atoms with Gasteiger partial charge in [-0.1, -0.05) is 12.1 Å². The number of nitrogens with zero attached hydrogens (tertiary/aromatic N) is 2. The highest BCUT2D eigenvalue weighted by atomic mass is 32.1. The first-order valence-electron chi connectivity index (χ1n) is 7.04. The van der Waals surface area contributed by atoms with Gasteiger partial charge in [0.15, 0.2) is 5.11 Å². The molecule has 0 unspecified atom stereocenters. The van der Waals surface area contributed by atoms with Gasteiger partial charge >= 0.3 is 0 Å². The van der Waals surface area contributed by atoms with Crippen LogP contribution in [0.2, 0.25) is 0 Å². The first-order chi connectivity index (χ1) is 11.5. The fraction of sp³-hybridized carbons (Fsp3) is 0.125. The predicted octanol–water partition coefficient (Wildman–Crippen LogP) is 3.15. The fourth-order valence-electron chi connectivity index (χ4n) is 1.93. The van der Waals surface area contributed by atoms with E-state index in [1.54, 1.807) is 37.3 Å². The second-order valence-corrected chi connectivity index (χ2v) is 5.26. The van der Waals surface area contributed by atoms with Crippen molar-refractivity contribution in [3.8, 4) is 11.3 Å². The van der Waals surface area contributed by atoms with Crippen molar-refractivity contribution in [3.05, 3.63) is 64.4 Å². The first kappa shape index (κ1) is 17.4. The van der Waals surface area contributed by atoms with Gasteiger partial charge in [-0.05, 0) is 42.9 Å². The van der Waals surface area contributed by atoms with Gasteiger partial charge in [-0.15, -0.1) is 6.58 Å². The lowest BCUT2D eigenvalue weighted by molar-refractivity contribution is -0.384. The lowest BCUT2D eigenvalue weighted by atomic mass is 10.1. The smallest absolute Gasteiger partial charge is 0.280 e. The highest BCUT2D eigenvalue weighted by molar-refractivity contribution is 7.80. The SMILES string of the molecule is C=CCNC(=S)N/N=C\c1ccc(-c2ccc(C)cc2[N+](=O)[O-])o1. The van der Waals surface area contributed by atoms with Crippen molar-refractivity contribution in [2.75, 3.05) is 6.54 Å². The minimum Gasteiger partial charge on any atom is -0.455 e. The van der Waals surface area contributed by atoms with Gasteiger partial charge in [0.05, 0.1) is 16.7 Å². The normalized spacial score (nSPS) is 10.5. The van der Waals surface area contributed by atoms with Crippen LogP contribution >= 0.6 is 12.2 Å².